The molecule has 0 saturated heterocycles. The molecule has 25 heavy (non-hydrogen) atoms. The van der Waals surface area contributed by atoms with E-state index in [2.05, 4.69) is 4.98 Å². The molecular weight excluding hydrogens is 361 g/mol. The number of methoxy groups -OCH3 is 1. The average molecular weight is 374 g/mol. The molecule has 1 heterocycles. The van der Waals surface area contributed by atoms with Crippen molar-refractivity contribution < 1.29 is 14.6 Å². The standard InChI is InChI=1S/C19H13Cl2NO3/c1-25-14-5-2-11(3-6-14)17-9-13(19(23)24)10-18(22-17)12-4-7-15(20)16(21)8-12/h2-10H,1H3,(H,23,24). The van der Waals surface area contributed by atoms with Gasteiger partial charge in [0.1, 0.15) is 5.75 Å². The summed E-state index contributed by atoms with van der Waals surface area (Å²) in [6.07, 6.45) is 0. The second kappa shape index (κ2) is 7.13. The van der Waals surface area contributed by atoms with Crippen LogP contribution in [0.15, 0.2) is 54.6 Å². The number of nitrogens with zero attached hydrogens (tertiary/aromatic N) is 1. The molecule has 0 spiro atoms. The maximum absolute atomic E-state index is 11.5. The third-order valence-electron chi connectivity index (χ3n) is 3.67. The second-order valence-corrected chi connectivity index (χ2v) is 6.10. The zero-order valence-electron chi connectivity index (χ0n) is 13.2. The molecule has 3 rings (SSSR count). The molecule has 0 unspecified atom stereocenters. The lowest BCUT2D eigenvalue weighted by Gasteiger charge is -2.09. The molecule has 0 radical (unpaired) electrons. The highest BCUT2D eigenvalue weighted by atomic mass is 35.5. The van der Waals surface area contributed by atoms with Crippen molar-refractivity contribution in [3.05, 3.63) is 70.2 Å². The van der Waals surface area contributed by atoms with Gasteiger partial charge in [0.15, 0.2) is 0 Å². The Labute approximate surface area is 154 Å². The predicted molar refractivity (Wildman–Crippen MR) is 98.6 cm³/mol. The number of aromatic carboxylic acids is 1. The number of aromatic nitrogens is 1. The summed E-state index contributed by atoms with van der Waals surface area (Å²) in [4.78, 5) is 16.1. The van der Waals surface area contributed by atoms with Gasteiger partial charge in [-0.3, -0.25) is 0 Å². The van der Waals surface area contributed by atoms with Crippen molar-refractivity contribution in [3.8, 4) is 28.3 Å². The van der Waals surface area contributed by atoms with Crippen LogP contribution in [0.5, 0.6) is 5.75 Å². The van der Waals surface area contributed by atoms with Crippen molar-refractivity contribution in [2.45, 2.75) is 0 Å². The molecule has 126 valence electrons. The Bertz CT molecular complexity index is 940. The fraction of sp³-hybridized carbons (Fsp3) is 0.0526. The van der Waals surface area contributed by atoms with Crippen molar-refractivity contribution in [3.63, 3.8) is 0 Å². The normalized spacial score (nSPS) is 10.5. The minimum Gasteiger partial charge on any atom is -0.497 e. The Balaban J connectivity index is 2.13. The number of carbonyl (C=O) groups is 1. The van der Waals surface area contributed by atoms with Crippen LogP contribution in [0.2, 0.25) is 10.0 Å². The van der Waals surface area contributed by atoms with E-state index in [9.17, 15) is 9.90 Å². The van der Waals surface area contributed by atoms with Crippen LogP contribution in [-0.4, -0.2) is 23.2 Å². The van der Waals surface area contributed by atoms with E-state index in [4.69, 9.17) is 27.9 Å². The molecule has 0 saturated carbocycles. The zero-order chi connectivity index (χ0) is 18.0. The van der Waals surface area contributed by atoms with Crippen LogP contribution < -0.4 is 4.74 Å². The number of carboxylic acids is 1. The van der Waals surface area contributed by atoms with Gasteiger partial charge in [0.25, 0.3) is 0 Å². The monoisotopic (exact) mass is 373 g/mol. The number of benzene rings is 2. The highest BCUT2D eigenvalue weighted by Gasteiger charge is 2.12. The van der Waals surface area contributed by atoms with Crippen LogP contribution in [0, 0.1) is 0 Å². The quantitative estimate of drug-likeness (QED) is 0.662. The Morgan fingerprint density at radius 1 is 0.920 bits per heavy atom. The van der Waals surface area contributed by atoms with Gasteiger partial charge in [-0.05, 0) is 48.5 Å². The molecule has 0 fully saturated rings. The highest BCUT2D eigenvalue weighted by molar-refractivity contribution is 6.42. The number of hydrogen-bond acceptors (Lipinski definition) is 3. The van der Waals surface area contributed by atoms with E-state index in [0.29, 0.717) is 32.7 Å². The average Bonchev–Trinajstić information content (AvgIpc) is 2.63. The van der Waals surface area contributed by atoms with E-state index in [1.54, 1.807) is 37.4 Å². The first-order valence-electron chi connectivity index (χ1n) is 7.33. The van der Waals surface area contributed by atoms with Gasteiger partial charge in [-0.2, -0.15) is 0 Å². The highest BCUT2D eigenvalue weighted by Crippen LogP contribution is 2.30. The maximum Gasteiger partial charge on any atom is 0.335 e. The Kier molecular flexibility index (Phi) is 4.93. The lowest BCUT2D eigenvalue weighted by atomic mass is 10.0. The number of rotatable bonds is 4. The number of carboxylic acid groups (broad SMARTS) is 1. The van der Waals surface area contributed by atoms with Gasteiger partial charge in [0, 0.05) is 11.1 Å². The van der Waals surface area contributed by atoms with Gasteiger partial charge in [-0.1, -0.05) is 29.3 Å². The van der Waals surface area contributed by atoms with Crippen molar-refractivity contribution in [2.75, 3.05) is 7.11 Å². The Hall–Kier alpha value is -2.56. The van der Waals surface area contributed by atoms with E-state index in [-0.39, 0.29) is 5.56 Å². The summed E-state index contributed by atoms with van der Waals surface area (Å²) in [6.45, 7) is 0. The van der Waals surface area contributed by atoms with Crippen LogP contribution >= 0.6 is 23.2 Å². The summed E-state index contributed by atoms with van der Waals surface area (Å²) in [5.41, 5.74) is 2.66. The smallest absolute Gasteiger partial charge is 0.335 e. The fourth-order valence-electron chi connectivity index (χ4n) is 2.37. The molecule has 0 aliphatic rings. The van der Waals surface area contributed by atoms with E-state index in [1.165, 1.54) is 12.1 Å². The molecule has 2 aromatic carbocycles. The van der Waals surface area contributed by atoms with Crippen LogP contribution in [0.3, 0.4) is 0 Å². The third kappa shape index (κ3) is 3.76. The first-order valence-corrected chi connectivity index (χ1v) is 8.09. The van der Waals surface area contributed by atoms with Crippen LogP contribution in [-0.2, 0) is 0 Å². The van der Waals surface area contributed by atoms with Crippen LogP contribution in [0.1, 0.15) is 10.4 Å². The van der Waals surface area contributed by atoms with E-state index >= 15 is 0 Å². The van der Waals surface area contributed by atoms with E-state index < -0.39 is 5.97 Å². The Morgan fingerprint density at radius 3 is 2.08 bits per heavy atom. The molecular formula is C19H13Cl2NO3. The first kappa shape index (κ1) is 17.3. The number of halogens is 2. The second-order valence-electron chi connectivity index (χ2n) is 5.29. The molecule has 0 aliphatic carbocycles. The number of pyridine rings is 1. The summed E-state index contributed by atoms with van der Waals surface area (Å²) in [6, 6.07) is 15.3. The minimum atomic E-state index is -1.03. The van der Waals surface area contributed by atoms with Gasteiger partial charge < -0.3 is 9.84 Å². The lowest BCUT2D eigenvalue weighted by Crippen LogP contribution is -2.00. The summed E-state index contributed by atoms with van der Waals surface area (Å²) in [5.74, 6) is -0.318. The van der Waals surface area contributed by atoms with Gasteiger partial charge in [-0.15, -0.1) is 0 Å². The summed E-state index contributed by atoms with van der Waals surface area (Å²) < 4.78 is 5.14. The van der Waals surface area contributed by atoms with Gasteiger partial charge in [-0.25, -0.2) is 9.78 Å². The minimum absolute atomic E-state index is 0.141. The summed E-state index contributed by atoms with van der Waals surface area (Å²) >= 11 is 12.0. The van der Waals surface area contributed by atoms with Crippen LogP contribution in [0.4, 0.5) is 0 Å². The zero-order valence-corrected chi connectivity index (χ0v) is 14.7. The molecule has 1 N–H and O–H groups in total. The molecule has 3 aromatic rings. The van der Waals surface area contributed by atoms with Gasteiger partial charge in [0.2, 0.25) is 0 Å². The SMILES string of the molecule is COc1ccc(-c2cc(C(=O)O)cc(-c3ccc(Cl)c(Cl)c3)n2)cc1. The van der Waals surface area contributed by atoms with Crippen LogP contribution in [0.25, 0.3) is 22.5 Å². The molecule has 0 amide bonds. The lowest BCUT2D eigenvalue weighted by molar-refractivity contribution is 0.0697. The van der Waals surface area contributed by atoms with Crippen molar-refractivity contribution in [1.82, 2.24) is 4.98 Å². The van der Waals surface area contributed by atoms with Crippen molar-refractivity contribution >= 4 is 29.2 Å². The largest absolute Gasteiger partial charge is 0.497 e. The molecule has 0 bridgehead atoms. The Morgan fingerprint density at radius 2 is 1.52 bits per heavy atom. The first-order chi connectivity index (χ1) is 12.0. The molecule has 6 heteroatoms. The third-order valence-corrected chi connectivity index (χ3v) is 4.41. The van der Waals surface area contributed by atoms with Gasteiger partial charge >= 0.3 is 5.97 Å². The molecule has 4 nitrogen and oxygen atoms in total. The predicted octanol–water partition coefficient (Wildman–Crippen LogP) is 5.43. The fourth-order valence-corrected chi connectivity index (χ4v) is 2.67. The summed E-state index contributed by atoms with van der Waals surface area (Å²) in [5, 5.41) is 10.2. The molecule has 0 aliphatic heterocycles. The molecule has 0 atom stereocenters. The van der Waals surface area contributed by atoms with E-state index in [0.717, 1.165) is 5.56 Å². The molecule has 1 aromatic heterocycles. The van der Waals surface area contributed by atoms with Crippen molar-refractivity contribution in [2.24, 2.45) is 0 Å². The number of hydrogen-bond donors (Lipinski definition) is 1. The summed E-state index contributed by atoms with van der Waals surface area (Å²) in [7, 11) is 1.58. The van der Waals surface area contributed by atoms with Gasteiger partial charge in [0.05, 0.1) is 34.1 Å². The van der Waals surface area contributed by atoms with E-state index in [1.807, 2.05) is 12.1 Å². The number of ether oxygens (including phenoxy) is 1. The topological polar surface area (TPSA) is 59.4 Å². The maximum atomic E-state index is 11.5. The van der Waals surface area contributed by atoms with Crippen molar-refractivity contribution in [1.29, 1.82) is 0 Å².